The zero-order valence-corrected chi connectivity index (χ0v) is 19.8. The maximum absolute atomic E-state index is 12.5. The molecule has 9 heteroatoms. The predicted molar refractivity (Wildman–Crippen MR) is 127 cm³/mol. The molecular weight excluding hydrogens is 434 g/mol. The number of sulfonamides is 1. The van der Waals surface area contributed by atoms with E-state index in [1.54, 1.807) is 43.3 Å². The van der Waals surface area contributed by atoms with Gasteiger partial charge in [-0.15, -0.1) is 0 Å². The molecule has 31 heavy (non-hydrogen) atoms. The number of amides is 1. The van der Waals surface area contributed by atoms with E-state index in [4.69, 9.17) is 17.0 Å². The summed E-state index contributed by atoms with van der Waals surface area (Å²) in [6.07, 6.45) is 1.60. The van der Waals surface area contributed by atoms with Crippen molar-refractivity contribution in [1.82, 2.24) is 10.0 Å². The van der Waals surface area contributed by atoms with E-state index >= 15 is 0 Å². The molecular formula is C22H29N3O4S2. The quantitative estimate of drug-likeness (QED) is 0.485. The van der Waals surface area contributed by atoms with Gasteiger partial charge in [-0.05, 0) is 81.4 Å². The van der Waals surface area contributed by atoms with Crippen LogP contribution in [0.2, 0.25) is 0 Å². The van der Waals surface area contributed by atoms with E-state index in [0.29, 0.717) is 23.4 Å². The van der Waals surface area contributed by atoms with Crippen LogP contribution in [0, 0.1) is 0 Å². The third kappa shape index (κ3) is 7.61. The average Bonchev–Trinajstić information content (AvgIpc) is 2.73. The van der Waals surface area contributed by atoms with E-state index in [-0.39, 0.29) is 28.1 Å². The molecule has 7 nitrogen and oxygen atoms in total. The number of anilines is 1. The lowest BCUT2D eigenvalue weighted by Crippen LogP contribution is -2.34. The van der Waals surface area contributed by atoms with Gasteiger partial charge in [-0.3, -0.25) is 10.1 Å². The fourth-order valence-corrected chi connectivity index (χ4v) is 4.03. The topological polar surface area (TPSA) is 96.5 Å². The third-order valence-electron chi connectivity index (χ3n) is 4.63. The maximum atomic E-state index is 12.5. The van der Waals surface area contributed by atoms with Crippen LogP contribution in [0.4, 0.5) is 5.69 Å². The Kier molecular flexibility index (Phi) is 8.97. The molecule has 1 amide bonds. The molecule has 168 valence electrons. The Labute approximate surface area is 189 Å². The van der Waals surface area contributed by atoms with E-state index < -0.39 is 10.0 Å². The molecule has 0 saturated carbocycles. The number of benzene rings is 2. The summed E-state index contributed by atoms with van der Waals surface area (Å²) in [6.45, 7) is 7.70. The molecule has 2 unspecified atom stereocenters. The van der Waals surface area contributed by atoms with Crippen molar-refractivity contribution in [3.05, 3.63) is 54.1 Å². The number of carbonyl (C=O) groups excluding carboxylic acids is 1. The highest BCUT2D eigenvalue weighted by Gasteiger charge is 2.16. The highest BCUT2D eigenvalue weighted by atomic mass is 32.2. The molecule has 0 radical (unpaired) electrons. The molecule has 0 aromatic heterocycles. The van der Waals surface area contributed by atoms with E-state index in [9.17, 15) is 13.2 Å². The van der Waals surface area contributed by atoms with Crippen LogP contribution >= 0.6 is 12.2 Å². The Morgan fingerprint density at radius 1 is 1.06 bits per heavy atom. The number of ether oxygens (including phenoxy) is 1. The van der Waals surface area contributed by atoms with Crippen molar-refractivity contribution < 1.29 is 17.9 Å². The maximum Gasteiger partial charge on any atom is 0.257 e. The first kappa shape index (κ1) is 24.8. The Bertz CT molecular complexity index is 1010. The third-order valence-corrected chi connectivity index (χ3v) is 6.44. The summed E-state index contributed by atoms with van der Waals surface area (Å²) in [6, 6.07) is 12.9. The molecule has 2 aromatic carbocycles. The molecule has 0 aliphatic carbocycles. The second-order valence-corrected chi connectivity index (χ2v) is 9.35. The first-order valence-electron chi connectivity index (χ1n) is 10.2. The molecule has 0 aliphatic heterocycles. The van der Waals surface area contributed by atoms with E-state index in [0.717, 1.165) is 6.42 Å². The van der Waals surface area contributed by atoms with Crippen LogP contribution in [0.25, 0.3) is 0 Å². The largest absolute Gasteiger partial charge is 0.491 e. The number of hydrogen-bond donors (Lipinski definition) is 3. The standard InChI is InChI=1S/C22H29N3O4S2/c1-5-15(3)25-31(27,28)20-12-10-18(11-13-20)23-22(30)24-21(26)17-8-7-9-19(14-17)29-16(4)6-2/h7-16,25H,5-6H2,1-4H3,(H2,23,24,26,30). The van der Waals surface area contributed by atoms with Gasteiger partial charge >= 0.3 is 0 Å². The fraction of sp³-hybridized carbons (Fsp3) is 0.364. The molecule has 2 atom stereocenters. The van der Waals surface area contributed by atoms with E-state index in [2.05, 4.69) is 15.4 Å². The molecule has 0 heterocycles. The summed E-state index contributed by atoms with van der Waals surface area (Å²) in [5.74, 6) is 0.243. The van der Waals surface area contributed by atoms with Gasteiger partial charge in [0, 0.05) is 17.3 Å². The van der Waals surface area contributed by atoms with Crippen LogP contribution in [0.5, 0.6) is 5.75 Å². The van der Waals surface area contributed by atoms with Gasteiger partial charge in [0.15, 0.2) is 5.11 Å². The Morgan fingerprint density at radius 3 is 2.35 bits per heavy atom. The van der Waals surface area contributed by atoms with Crippen molar-refractivity contribution in [3.8, 4) is 5.75 Å². The van der Waals surface area contributed by atoms with Gasteiger partial charge in [0.1, 0.15) is 5.75 Å². The van der Waals surface area contributed by atoms with Gasteiger partial charge in [0.25, 0.3) is 5.91 Å². The van der Waals surface area contributed by atoms with Gasteiger partial charge in [-0.1, -0.05) is 19.9 Å². The number of hydrogen-bond acceptors (Lipinski definition) is 5. The molecule has 3 N–H and O–H groups in total. The van der Waals surface area contributed by atoms with Crippen molar-refractivity contribution in [2.75, 3.05) is 5.32 Å². The van der Waals surface area contributed by atoms with E-state index in [1.165, 1.54) is 12.1 Å². The molecule has 0 fully saturated rings. The van der Waals surface area contributed by atoms with Gasteiger partial charge in [-0.2, -0.15) is 0 Å². The van der Waals surface area contributed by atoms with E-state index in [1.807, 2.05) is 20.8 Å². The monoisotopic (exact) mass is 463 g/mol. The summed E-state index contributed by atoms with van der Waals surface area (Å²) in [7, 11) is -3.58. The van der Waals surface area contributed by atoms with Crippen LogP contribution in [0.3, 0.4) is 0 Å². The van der Waals surface area contributed by atoms with Crippen molar-refractivity contribution in [2.24, 2.45) is 0 Å². The van der Waals surface area contributed by atoms with Gasteiger partial charge in [0.2, 0.25) is 10.0 Å². The second kappa shape index (κ2) is 11.2. The summed E-state index contributed by atoms with van der Waals surface area (Å²) >= 11 is 5.21. The molecule has 0 aliphatic rings. The van der Waals surface area contributed by atoms with Gasteiger partial charge in [0.05, 0.1) is 11.0 Å². The van der Waals surface area contributed by atoms with Crippen molar-refractivity contribution in [3.63, 3.8) is 0 Å². The summed E-state index contributed by atoms with van der Waals surface area (Å²) in [5.41, 5.74) is 0.976. The minimum Gasteiger partial charge on any atom is -0.491 e. The normalized spacial score (nSPS) is 13.2. The van der Waals surface area contributed by atoms with Gasteiger partial charge < -0.3 is 10.1 Å². The number of rotatable bonds is 9. The zero-order chi connectivity index (χ0) is 23.0. The highest BCUT2D eigenvalue weighted by Crippen LogP contribution is 2.17. The van der Waals surface area contributed by atoms with Crippen LogP contribution < -0.4 is 20.1 Å². The Balaban J connectivity index is 1.98. The molecule has 0 saturated heterocycles. The molecule has 2 aromatic rings. The molecule has 2 rings (SSSR count). The zero-order valence-electron chi connectivity index (χ0n) is 18.1. The average molecular weight is 464 g/mol. The van der Waals surface area contributed by atoms with Crippen LogP contribution in [0.15, 0.2) is 53.4 Å². The van der Waals surface area contributed by atoms with Crippen molar-refractivity contribution in [2.45, 2.75) is 57.6 Å². The molecule has 0 spiro atoms. The Hall–Kier alpha value is -2.49. The second-order valence-electron chi connectivity index (χ2n) is 7.23. The Morgan fingerprint density at radius 2 is 1.74 bits per heavy atom. The lowest BCUT2D eigenvalue weighted by Gasteiger charge is -2.14. The highest BCUT2D eigenvalue weighted by molar-refractivity contribution is 7.89. The summed E-state index contributed by atoms with van der Waals surface area (Å²) in [5, 5.41) is 5.60. The van der Waals surface area contributed by atoms with Crippen LogP contribution in [-0.2, 0) is 10.0 Å². The SMILES string of the molecule is CCC(C)NS(=O)(=O)c1ccc(NC(=S)NC(=O)c2cccc(OC(C)CC)c2)cc1. The number of carbonyl (C=O) groups is 1. The van der Waals surface area contributed by atoms with Crippen molar-refractivity contribution >= 4 is 38.9 Å². The lowest BCUT2D eigenvalue weighted by molar-refractivity contribution is 0.0977. The van der Waals surface area contributed by atoms with Crippen molar-refractivity contribution in [1.29, 1.82) is 0 Å². The number of thiocarbonyl (C=S) groups is 1. The summed E-state index contributed by atoms with van der Waals surface area (Å²) < 4.78 is 33.0. The minimum atomic E-state index is -3.58. The first-order valence-corrected chi connectivity index (χ1v) is 12.0. The fourth-order valence-electron chi connectivity index (χ4n) is 2.50. The lowest BCUT2D eigenvalue weighted by atomic mass is 10.2. The smallest absolute Gasteiger partial charge is 0.257 e. The first-order chi connectivity index (χ1) is 14.6. The van der Waals surface area contributed by atoms with Crippen LogP contribution in [0.1, 0.15) is 50.9 Å². The van der Waals surface area contributed by atoms with Gasteiger partial charge in [-0.25, -0.2) is 13.1 Å². The van der Waals surface area contributed by atoms with Crippen LogP contribution in [-0.4, -0.2) is 31.6 Å². The predicted octanol–water partition coefficient (Wildman–Crippen LogP) is 4.07. The summed E-state index contributed by atoms with van der Waals surface area (Å²) in [4.78, 5) is 12.6. The minimum absolute atomic E-state index is 0.0493. The molecule has 0 bridgehead atoms. The number of nitrogens with one attached hydrogen (secondary N) is 3.